The molecular weight excluding hydrogens is 419 g/mol. The third kappa shape index (κ3) is 101. The molecule has 0 aromatic carbocycles. The van der Waals surface area contributed by atoms with Crippen molar-refractivity contribution in [1.82, 2.24) is 0 Å². The number of rotatable bonds is 0. The number of hydrogen-bond acceptors (Lipinski definition) is 6. The fourth-order valence-electron chi connectivity index (χ4n) is 1.06. The van der Waals surface area contributed by atoms with Crippen LogP contribution in [0, 0.1) is 30.6 Å². The summed E-state index contributed by atoms with van der Waals surface area (Å²) in [6, 6.07) is 0. The molecule has 0 spiro atoms. The molecule has 1 aliphatic rings. The second-order valence-electron chi connectivity index (χ2n) is 2.57. The zero-order valence-corrected chi connectivity index (χ0v) is 11.3. The molecule has 106 valence electrons. The van der Waals surface area contributed by atoms with Crippen LogP contribution in [0.1, 0.15) is 38.5 Å². The van der Waals surface area contributed by atoms with Gasteiger partial charge in [-0.15, -0.1) is 0 Å². The maximum Gasteiger partial charge on any atom is 4.00 e. The minimum atomic E-state index is -1.75. The summed E-state index contributed by atoms with van der Waals surface area (Å²) in [7, 11) is 0. The van der Waals surface area contributed by atoms with Crippen LogP contribution < -0.4 is 0 Å². The van der Waals surface area contributed by atoms with Crippen molar-refractivity contribution in [2.24, 2.45) is 0 Å². The second-order valence-corrected chi connectivity index (χ2v) is 2.57. The Balaban J connectivity index is -0.0000000403. The smallest absolute Gasteiger partial charge is 0.693 e. The van der Waals surface area contributed by atoms with Crippen molar-refractivity contribution in [1.29, 1.82) is 0 Å². The van der Waals surface area contributed by atoms with E-state index in [-0.39, 0.29) is 33.4 Å². The summed E-state index contributed by atoms with van der Waals surface area (Å²) in [6.07, 6.45) is 9.00. The van der Waals surface area contributed by atoms with Gasteiger partial charge in [-0.05, 0) is 0 Å². The summed E-state index contributed by atoms with van der Waals surface area (Å²) in [4.78, 5) is 16.5. The van der Waals surface area contributed by atoms with Crippen LogP contribution >= 0.6 is 0 Å². The fraction of sp³-hybridized carbons (Fsp3) is 1.00. The summed E-state index contributed by atoms with van der Waals surface area (Å²) in [5.41, 5.74) is 0. The Morgan fingerprint density at radius 1 is 0.588 bits per heavy atom. The molecule has 0 aromatic rings. The van der Waals surface area contributed by atoms with E-state index in [0.717, 1.165) is 0 Å². The maximum absolute atomic E-state index is 8.25. The number of nitrogens with zero attached hydrogens (tertiary/aromatic N) is 2. The van der Waals surface area contributed by atoms with Crippen LogP contribution in [0.15, 0.2) is 0 Å². The van der Waals surface area contributed by atoms with Crippen LogP contribution in [0.3, 0.4) is 0 Å². The van der Waals surface area contributed by atoms with Crippen molar-refractivity contribution in [3.63, 3.8) is 0 Å². The first-order chi connectivity index (χ1) is 6.46. The first-order valence-corrected chi connectivity index (χ1v) is 4.10. The molecule has 0 heterocycles. The van der Waals surface area contributed by atoms with E-state index >= 15 is 0 Å². The molecule has 1 saturated carbocycles. The molecule has 0 aromatic heterocycles. The average molecular weight is 435 g/mol. The zero-order valence-electron chi connectivity index (χ0n) is 9.06. The molecule has 11 heteroatoms. The van der Waals surface area contributed by atoms with Crippen molar-refractivity contribution in [2.45, 2.75) is 38.5 Å². The molecule has 1 aliphatic carbocycles. The topological polar surface area (TPSA) is 199 Å². The maximum atomic E-state index is 8.25. The summed E-state index contributed by atoms with van der Waals surface area (Å²) < 4.78 is 0. The van der Waals surface area contributed by atoms with Crippen LogP contribution in [0.25, 0.3) is 12.3 Å². The van der Waals surface area contributed by atoms with E-state index in [1.54, 1.807) is 0 Å². The third-order valence-electron chi connectivity index (χ3n) is 1.50. The van der Waals surface area contributed by atoms with Gasteiger partial charge in [0, 0.05) is 0 Å². The average Bonchev–Trinajstić information content (AvgIpc) is 2.05. The quantitative estimate of drug-likeness (QED) is 0.412. The summed E-state index contributed by atoms with van der Waals surface area (Å²) in [5.74, 6) is 0. The van der Waals surface area contributed by atoms with Crippen molar-refractivity contribution in [3.05, 3.63) is 42.9 Å². The van der Waals surface area contributed by atoms with Crippen LogP contribution in [-0.4, -0.2) is 10.2 Å². The van der Waals surface area contributed by atoms with Gasteiger partial charge in [-0.3, -0.25) is 0 Å². The van der Waals surface area contributed by atoms with Crippen LogP contribution in [0.4, 0.5) is 0 Å². The van der Waals surface area contributed by atoms with Gasteiger partial charge in [0.2, 0.25) is 0 Å². The largest absolute Gasteiger partial charge is 4.00 e. The van der Waals surface area contributed by atoms with Crippen LogP contribution in [0.5, 0.6) is 0 Å². The van der Waals surface area contributed by atoms with Gasteiger partial charge in [0.15, 0.2) is 0 Å². The normalized spacial score (nSPS) is 11.3. The zero-order chi connectivity index (χ0) is 11.4. The summed E-state index contributed by atoms with van der Waals surface area (Å²) in [5, 5.41) is 29.5. The minimum Gasteiger partial charge on any atom is -0.693 e. The third-order valence-corrected chi connectivity index (χ3v) is 1.50. The molecule has 17 heavy (non-hydrogen) atoms. The Kier molecular flexibility index (Phi) is 42.5. The van der Waals surface area contributed by atoms with E-state index in [1.807, 2.05) is 0 Å². The van der Waals surface area contributed by atoms with Crippen molar-refractivity contribution in [3.8, 4) is 0 Å². The predicted octanol–water partition coefficient (Wildman–Crippen LogP) is 3.29. The molecule has 10 nitrogen and oxygen atoms in total. The predicted molar refractivity (Wildman–Crippen MR) is 59.0 cm³/mol. The van der Waals surface area contributed by atoms with Crippen LogP contribution in [-0.2, 0) is 21.1 Å². The fourth-order valence-corrected chi connectivity index (χ4v) is 1.06. The molecule has 0 saturated heterocycles. The molecule has 0 amide bonds. The molecular formula is C6H16N4O6Pt. The van der Waals surface area contributed by atoms with E-state index in [2.05, 4.69) is 0 Å². The van der Waals surface area contributed by atoms with Crippen molar-refractivity contribution >= 4 is 0 Å². The standard InChI is InChI=1S/C6H12.2NO3.2H2N.Pt/c1-2-4-6-5-3-1;2*2-1(3)4;;;/h1-6H2;;;2*1H2;/q;4*-1;+4. The van der Waals surface area contributed by atoms with Crippen LogP contribution in [0.2, 0.25) is 0 Å². The van der Waals surface area contributed by atoms with Gasteiger partial charge in [0.05, 0.1) is 10.2 Å². The minimum absolute atomic E-state index is 0. The Bertz CT molecular complexity index is 137. The van der Waals surface area contributed by atoms with Gasteiger partial charge < -0.3 is 42.9 Å². The molecule has 0 aliphatic heterocycles. The molecule has 1 fully saturated rings. The molecule has 4 N–H and O–H groups in total. The molecule has 0 radical (unpaired) electrons. The Hall–Kier alpha value is -0.992. The Morgan fingerprint density at radius 2 is 0.647 bits per heavy atom. The Labute approximate surface area is 113 Å². The first kappa shape index (κ1) is 29.8. The molecule has 0 unspecified atom stereocenters. The summed E-state index contributed by atoms with van der Waals surface area (Å²) in [6.45, 7) is 0. The Morgan fingerprint density at radius 3 is 0.706 bits per heavy atom. The van der Waals surface area contributed by atoms with E-state index in [4.69, 9.17) is 30.6 Å². The van der Waals surface area contributed by atoms with E-state index in [1.165, 1.54) is 38.5 Å². The van der Waals surface area contributed by atoms with Crippen molar-refractivity contribution in [2.75, 3.05) is 0 Å². The van der Waals surface area contributed by atoms with Gasteiger partial charge in [-0.1, -0.05) is 38.5 Å². The molecule has 0 atom stereocenters. The first-order valence-electron chi connectivity index (χ1n) is 4.10. The van der Waals surface area contributed by atoms with Gasteiger partial charge in [0.1, 0.15) is 0 Å². The SMILES string of the molecule is C1CCCCC1.O=[N+]([O-])[O-].O=[N+]([O-])[O-].[NH2-].[NH2-].[Pt+4]. The summed E-state index contributed by atoms with van der Waals surface area (Å²) >= 11 is 0. The monoisotopic (exact) mass is 435 g/mol. The van der Waals surface area contributed by atoms with Crippen molar-refractivity contribution < 1.29 is 31.2 Å². The molecule has 0 bridgehead atoms. The van der Waals surface area contributed by atoms with E-state index in [0.29, 0.717) is 0 Å². The van der Waals surface area contributed by atoms with Gasteiger partial charge in [0.25, 0.3) is 0 Å². The van der Waals surface area contributed by atoms with Gasteiger partial charge >= 0.3 is 21.1 Å². The van der Waals surface area contributed by atoms with Gasteiger partial charge in [-0.2, -0.15) is 0 Å². The molecule has 1 rings (SSSR count). The second kappa shape index (κ2) is 24.3. The van der Waals surface area contributed by atoms with E-state index in [9.17, 15) is 0 Å². The van der Waals surface area contributed by atoms with E-state index < -0.39 is 10.2 Å². The number of hydrogen-bond donors (Lipinski definition) is 0. The number of nitrogens with two attached hydrogens (primary N) is 2. The van der Waals surface area contributed by atoms with Gasteiger partial charge in [-0.25, -0.2) is 0 Å².